The average Bonchev–Trinajstić information content (AvgIpc) is 3.00. The minimum absolute atomic E-state index is 0.151. The predicted octanol–water partition coefficient (Wildman–Crippen LogP) is 3.07. The molecule has 23 heavy (non-hydrogen) atoms. The summed E-state index contributed by atoms with van der Waals surface area (Å²) < 4.78 is 1.75. The van der Waals surface area contributed by atoms with Gasteiger partial charge in [0.25, 0.3) is 0 Å². The Morgan fingerprint density at radius 3 is 2.61 bits per heavy atom. The number of tetrazole rings is 1. The number of hydrogen-bond acceptors (Lipinski definition) is 4. The average molecular weight is 313 g/mol. The van der Waals surface area contributed by atoms with Crippen LogP contribution in [0.3, 0.4) is 0 Å². The molecule has 0 amide bonds. The molecular formula is C18H27N5. The van der Waals surface area contributed by atoms with Crippen molar-refractivity contribution in [3.05, 3.63) is 41.2 Å². The summed E-state index contributed by atoms with van der Waals surface area (Å²) in [4.78, 5) is 0. The van der Waals surface area contributed by atoms with Crippen LogP contribution in [0.4, 0.5) is 0 Å². The standard InChI is InChI=1S/C18H27N5/c1-14-9-5-6-10-16(14)18(11-7-4-8-12-18)13-19-15(2)17-20-21-22-23(17)3/h5-6,9-10,15,19H,4,7-8,11-13H2,1-3H3. The molecule has 0 saturated heterocycles. The van der Waals surface area contributed by atoms with Gasteiger partial charge in [-0.05, 0) is 48.2 Å². The van der Waals surface area contributed by atoms with Crippen molar-refractivity contribution in [1.82, 2.24) is 25.5 Å². The summed E-state index contributed by atoms with van der Waals surface area (Å²) in [5, 5.41) is 15.5. The van der Waals surface area contributed by atoms with E-state index in [0.29, 0.717) is 0 Å². The number of nitrogens with zero attached hydrogens (tertiary/aromatic N) is 4. The highest BCUT2D eigenvalue weighted by Crippen LogP contribution is 2.40. The van der Waals surface area contributed by atoms with Crippen LogP contribution in [0.25, 0.3) is 0 Å². The quantitative estimate of drug-likeness (QED) is 0.921. The Morgan fingerprint density at radius 2 is 1.96 bits per heavy atom. The number of aryl methyl sites for hydroxylation is 2. The summed E-state index contributed by atoms with van der Waals surface area (Å²) in [6, 6.07) is 9.02. The lowest BCUT2D eigenvalue weighted by molar-refractivity contribution is 0.268. The van der Waals surface area contributed by atoms with E-state index in [0.717, 1.165) is 12.4 Å². The summed E-state index contributed by atoms with van der Waals surface area (Å²) in [7, 11) is 1.89. The fourth-order valence-electron chi connectivity index (χ4n) is 3.98. The lowest BCUT2D eigenvalue weighted by atomic mass is 9.68. The first-order chi connectivity index (χ1) is 11.1. The molecular weight excluding hydrogens is 286 g/mol. The van der Waals surface area contributed by atoms with Crippen LogP contribution < -0.4 is 5.32 Å². The van der Waals surface area contributed by atoms with Gasteiger partial charge in [-0.1, -0.05) is 43.5 Å². The van der Waals surface area contributed by atoms with Crippen molar-refractivity contribution in [1.29, 1.82) is 0 Å². The van der Waals surface area contributed by atoms with Crippen molar-refractivity contribution in [2.75, 3.05) is 6.54 Å². The Labute approximate surface area is 138 Å². The number of hydrogen-bond donors (Lipinski definition) is 1. The lowest BCUT2D eigenvalue weighted by Gasteiger charge is -2.40. The van der Waals surface area contributed by atoms with Crippen molar-refractivity contribution in [3.63, 3.8) is 0 Å². The summed E-state index contributed by atoms with van der Waals surface area (Å²) in [5.74, 6) is 0.890. The lowest BCUT2D eigenvalue weighted by Crippen LogP contribution is -2.41. The normalized spacial score (nSPS) is 18.7. The molecule has 3 rings (SSSR count). The second kappa shape index (κ2) is 6.79. The molecule has 0 aliphatic heterocycles. The van der Waals surface area contributed by atoms with Gasteiger partial charge in [0.15, 0.2) is 5.82 Å². The molecule has 1 aliphatic carbocycles. The number of nitrogens with one attached hydrogen (secondary N) is 1. The summed E-state index contributed by atoms with van der Waals surface area (Å²) >= 11 is 0. The molecule has 5 nitrogen and oxygen atoms in total. The Balaban J connectivity index is 1.80. The zero-order valence-electron chi connectivity index (χ0n) is 14.4. The molecule has 1 saturated carbocycles. The van der Waals surface area contributed by atoms with Gasteiger partial charge in [0.05, 0.1) is 6.04 Å². The Hall–Kier alpha value is -1.75. The van der Waals surface area contributed by atoms with Gasteiger partial charge in [0.1, 0.15) is 0 Å². The highest BCUT2D eigenvalue weighted by Gasteiger charge is 2.35. The number of benzene rings is 1. The molecule has 124 valence electrons. The van der Waals surface area contributed by atoms with Gasteiger partial charge in [-0.3, -0.25) is 0 Å². The second-order valence-corrected chi connectivity index (χ2v) is 6.92. The molecule has 1 unspecified atom stereocenters. The van der Waals surface area contributed by atoms with Crippen LogP contribution in [0.2, 0.25) is 0 Å². The van der Waals surface area contributed by atoms with Crippen LogP contribution in [0.15, 0.2) is 24.3 Å². The van der Waals surface area contributed by atoms with Crippen molar-refractivity contribution in [3.8, 4) is 0 Å². The van der Waals surface area contributed by atoms with Gasteiger partial charge in [-0.15, -0.1) is 5.10 Å². The summed E-state index contributed by atoms with van der Waals surface area (Å²) in [6.45, 7) is 5.35. The molecule has 2 aromatic rings. The molecule has 1 aromatic heterocycles. The van der Waals surface area contributed by atoms with E-state index in [9.17, 15) is 0 Å². The van der Waals surface area contributed by atoms with E-state index >= 15 is 0 Å². The third kappa shape index (κ3) is 3.29. The predicted molar refractivity (Wildman–Crippen MR) is 91.2 cm³/mol. The topological polar surface area (TPSA) is 55.6 Å². The molecule has 0 radical (unpaired) electrons. The first-order valence-electron chi connectivity index (χ1n) is 8.64. The van der Waals surface area contributed by atoms with Crippen LogP contribution in [0.5, 0.6) is 0 Å². The Morgan fingerprint density at radius 1 is 1.22 bits per heavy atom. The van der Waals surface area contributed by atoms with Crippen LogP contribution in [0, 0.1) is 6.92 Å². The van der Waals surface area contributed by atoms with Gasteiger partial charge in [-0.2, -0.15) is 0 Å². The fraction of sp³-hybridized carbons (Fsp3) is 0.611. The number of aromatic nitrogens is 4. The summed E-state index contributed by atoms with van der Waals surface area (Å²) in [6.07, 6.45) is 6.51. The molecule has 1 aliphatic rings. The minimum Gasteiger partial charge on any atom is -0.307 e. The van der Waals surface area contributed by atoms with Crippen molar-refractivity contribution < 1.29 is 0 Å². The van der Waals surface area contributed by atoms with E-state index in [4.69, 9.17) is 0 Å². The highest BCUT2D eigenvalue weighted by molar-refractivity contribution is 5.34. The molecule has 5 heteroatoms. The van der Waals surface area contributed by atoms with Crippen LogP contribution in [-0.2, 0) is 12.5 Å². The molecule has 1 fully saturated rings. The highest BCUT2D eigenvalue weighted by atomic mass is 15.5. The first-order valence-corrected chi connectivity index (χ1v) is 8.64. The third-order valence-electron chi connectivity index (χ3n) is 5.31. The zero-order chi connectivity index (χ0) is 16.3. The fourth-order valence-corrected chi connectivity index (χ4v) is 3.98. The van der Waals surface area contributed by atoms with E-state index < -0.39 is 0 Å². The van der Waals surface area contributed by atoms with Crippen LogP contribution >= 0.6 is 0 Å². The largest absolute Gasteiger partial charge is 0.307 e. The molecule has 1 atom stereocenters. The Bertz CT molecular complexity index is 642. The van der Waals surface area contributed by atoms with Crippen molar-refractivity contribution in [2.45, 2.75) is 57.4 Å². The molecule has 1 N–H and O–H groups in total. The van der Waals surface area contributed by atoms with Gasteiger partial charge in [-0.25, -0.2) is 4.68 Å². The van der Waals surface area contributed by atoms with Crippen molar-refractivity contribution >= 4 is 0 Å². The molecule has 1 heterocycles. The van der Waals surface area contributed by atoms with E-state index in [1.54, 1.807) is 4.68 Å². The Kier molecular flexibility index (Phi) is 4.76. The van der Waals surface area contributed by atoms with E-state index in [1.807, 2.05) is 7.05 Å². The molecule has 0 spiro atoms. The first kappa shape index (κ1) is 16.1. The van der Waals surface area contributed by atoms with E-state index in [2.05, 4.69) is 59.0 Å². The third-order valence-corrected chi connectivity index (χ3v) is 5.31. The van der Waals surface area contributed by atoms with E-state index in [1.165, 1.54) is 43.2 Å². The maximum atomic E-state index is 4.13. The smallest absolute Gasteiger partial charge is 0.167 e. The zero-order valence-corrected chi connectivity index (χ0v) is 14.4. The van der Waals surface area contributed by atoms with E-state index in [-0.39, 0.29) is 11.5 Å². The van der Waals surface area contributed by atoms with Crippen molar-refractivity contribution in [2.24, 2.45) is 7.05 Å². The van der Waals surface area contributed by atoms with Gasteiger partial charge >= 0.3 is 0 Å². The molecule has 0 bridgehead atoms. The van der Waals surface area contributed by atoms with Crippen LogP contribution in [0.1, 0.15) is 62.0 Å². The van der Waals surface area contributed by atoms with Gasteiger partial charge in [0, 0.05) is 19.0 Å². The second-order valence-electron chi connectivity index (χ2n) is 6.92. The minimum atomic E-state index is 0.151. The van der Waals surface area contributed by atoms with Crippen LogP contribution in [-0.4, -0.2) is 26.8 Å². The molecule has 1 aromatic carbocycles. The van der Waals surface area contributed by atoms with Gasteiger partial charge in [0.2, 0.25) is 0 Å². The summed E-state index contributed by atoms with van der Waals surface area (Å²) in [5.41, 5.74) is 3.16. The SMILES string of the molecule is Cc1ccccc1C1(CNC(C)c2nnnn2C)CCCCC1. The monoisotopic (exact) mass is 313 g/mol. The maximum absolute atomic E-state index is 4.13. The number of rotatable bonds is 5. The maximum Gasteiger partial charge on any atom is 0.167 e. The van der Waals surface area contributed by atoms with Gasteiger partial charge < -0.3 is 5.32 Å².